The maximum atomic E-state index is 11.3. The summed E-state index contributed by atoms with van der Waals surface area (Å²) in [7, 11) is 0. The third kappa shape index (κ3) is 3.82. The van der Waals surface area contributed by atoms with Crippen molar-refractivity contribution in [1.29, 1.82) is 0 Å². The van der Waals surface area contributed by atoms with E-state index in [0.29, 0.717) is 11.5 Å². The van der Waals surface area contributed by atoms with Crippen LogP contribution in [0.2, 0.25) is 0 Å². The van der Waals surface area contributed by atoms with Crippen LogP contribution < -0.4 is 4.90 Å². The fourth-order valence-electron chi connectivity index (χ4n) is 3.93. The van der Waals surface area contributed by atoms with Gasteiger partial charge in [-0.15, -0.1) is 11.3 Å². The van der Waals surface area contributed by atoms with E-state index >= 15 is 0 Å². The van der Waals surface area contributed by atoms with E-state index in [2.05, 4.69) is 46.4 Å². The van der Waals surface area contributed by atoms with Crippen LogP contribution in [-0.2, 0) is 10.8 Å². The Morgan fingerprint density at radius 1 is 1.21 bits per heavy atom. The number of carboxylic acids is 1. The smallest absolute Gasteiger partial charge is 0.335 e. The van der Waals surface area contributed by atoms with E-state index in [1.165, 1.54) is 17.0 Å². The molecule has 2 aromatic rings. The molecule has 0 fully saturated rings. The third-order valence-electron chi connectivity index (χ3n) is 5.76. The molecule has 1 aromatic carbocycles. The van der Waals surface area contributed by atoms with Gasteiger partial charge in [0.2, 0.25) is 0 Å². The second-order valence-corrected chi connectivity index (χ2v) is 10.7. The molecule has 0 atom stereocenters. The molecule has 0 saturated heterocycles. The van der Waals surface area contributed by atoms with Crippen LogP contribution in [0.15, 0.2) is 18.2 Å². The number of hydrogen-bond acceptors (Lipinski definition) is 4. The Bertz CT molecular complexity index is 863. The number of carboxylic acid groups (broad SMARTS) is 1. The molecule has 0 spiro atoms. The summed E-state index contributed by atoms with van der Waals surface area (Å²) in [5.41, 5.74) is 3.80. The molecule has 1 aromatic heterocycles. The second kappa shape index (κ2) is 7.18. The molecule has 1 aliphatic carbocycles. The second-order valence-electron chi connectivity index (χ2n) is 9.75. The predicted molar refractivity (Wildman–Crippen MR) is 117 cm³/mol. The van der Waals surface area contributed by atoms with Crippen molar-refractivity contribution in [2.75, 3.05) is 11.4 Å². The molecule has 5 heteroatoms. The number of anilines is 2. The number of benzene rings is 1. The number of thiazole rings is 1. The fourth-order valence-corrected chi connectivity index (χ4v) is 5.33. The first-order valence-corrected chi connectivity index (χ1v) is 10.9. The van der Waals surface area contributed by atoms with Gasteiger partial charge < -0.3 is 10.0 Å². The molecule has 0 saturated carbocycles. The summed E-state index contributed by atoms with van der Waals surface area (Å²) in [4.78, 5) is 20.2. The lowest BCUT2D eigenvalue weighted by Crippen LogP contribution is -2.32. The zero-order chi connectivity index (χ0) is 20.9. The predicted octanol–water partition coefficient (Wildman–Crippen LogP) is 6.29. The summed E-state index contributed by atoms with van der Waals surface area (Å²) in [6.07, 6.45) is 2.32. The molecule has 4 nitrogen and oxygen atoms in total. The zero-order valence-electron chi connectivity index (χ0n) is 18.1. The van der Waals surface area contributed by atoms with Gasteiger partial charge in [0.1, 0.15) is 0 Å². The summed E-state index contributed by atoms with van der Waals surface area (Å²) >= 11 is 1.81. The molecular weight excluding hydrogens is 368 g/mol. The van der Waals surface area contributed by atoms with Gasteiger partial charge in [0.25, 0.3) is 0 Å². The van der Waals surface area contributed by atoms with Gasteiger partial charge in [-0.3, -0.25) is 0 Å². The molecule has 1 aliphatic rings. The first kappa shape index (κ1) is 20.8. The van der Waals surface area contributed by atoms with Gasteiger partial charge in [-0.05, 0) is 49.4 Å². The Labute approximate surface area is 172 Å². The highest BCUT2D eigenvalue weighted by Crippen LogP contribution is 2.50. The van der Waals surface area contributed by atoms with Gasteiger partial charge in [0, 0.05) is 27.9 Å². The standard InChI is InChI=1S/C23H32N2O2S/c1-14(2)13-25(17-9-8-16(20(26)27)12-15(17)3)21-24-18-19(28-21)23(6,7)11-10-22(18,4)5/h8-9,12,14H,10-11,13H2,1-7H3,(H,26,27). The van der Waals surface area contributed by atoms with Crippen molar-refractivity contribution < 1.29 is 9.90 Å². The lowest BCUT2D eigenvalue weighted by molar-refractivity contribution is 0.0697. The van der Waals surface area contributed by atoms with Crippen molar-refractivity contribution in [3.63, 3.8) is 0 Å². The molecule has 0 bridgehead atoms. The third-order valence-corrected chi connectivity index (χ3v) is 7.20. The van der Waals surface area contributed by atoms with Crippen LogP contribution in [-0.4, -0.2) is 22.6 Å². The number of aromatic carboxylic acids is 1. The number of aryl methyl sites for hydroxylation is 1. The van der Waals surface area contributed by atoms with E-state index in [1.807, 2.05) is 24.3 Å². The van der Waals surface area contributed by atoms with Crippen LogP contribution in [0, 0.1) is 12.8 Å². The highest BCUT2D eigenvalue weighted by atomic mass is 32.1. The molecule has 0 aliphatic heterocycles. The van der Waals surface area contributed by atoms with E-state index in [9.17, 15) is 9.90 Å². The van der Waals surface area contributed by atoms with Crippen molar-refractivity contribution in [3.8, 4) is 0 Å². The zero-order valence-corrected chi connectivity index (χ0v) is 18.9. The van der Waals surface area contributed by atoms with Gasteiger partial charge in [0.05, 0.1) is 11.3 Å². The van der Waals surface area contributed by atoms with E-state index < -0.39 is 5.97 Å². The minimum absolute atomic E-state index is 0.0886. The monoisotopic (exact) mass is 400 g/mol. The molecule has 28 heavy (non-hydrogen) atoms. The van der Waals surface area contributed by atoms with Gasteiger partial charge in [-0.1, -0.05) is 41.5 Å². The van der Waals surface area contributed by atoms with Gasteiger partial charge in [-0.2, -0.15) is 0 Å². The maximum Gasteiger partial charge on any atom is 0.335 e. The molecule has 3 rings (SSSR count). The average Bonchev–Trinajstić information content (AvgIpc) is 3.05. The van der Waals surface area contributed by atoms with E-state index in [1.54, 1.807) is 12.1 Å². The summed E-state index contributed by atoms with van der Waals surface area (Å²) in [5.74, 6) is -0.432. The summed E-state index contributed by atoms with van der Waals surface area (Å²) < 4.78 is 0. The molecular formula is C23H32N2O2S. The largest absolute Gasteiger partial charge is 0.478 e. The average molecular weight is 401 g/mol. The Morgan fingerprint density at radius 3 is 2.39 bits per heavy atom. The van der Waals surface area contributed by atoms with Gasteiger partial charge in [-0.25, -0.2) is 9.78 Å². The maximum absolute atomic E-state index is 11.3. The Morgan fingerprint density at radius 2 is 1.86 bits per heavy atom. The lowest BCUT2D eigenvalue weighted by atomic mass is 9.69. The van der Waals surface area contributed by atoms with Gasteiger partial charge >= 0.3 is 5.97 Å². The minimum Gasteiger partial charge on any atom is -0.478 e. The summed E-state index contributed by atoms with van der Waals surface area (Å²) in [6, 6.07) is 5.38. The molecule has 0 unspecified atom stereocenters. The van der Waals surface area contributed by atoms with Gasteiger partial charge in [0.15, 0.2) is 5.13 Å². The summed E-state index contributed by atoms with van der Waals surface area (Å²) in [6.45, 7) is 16.5. The molecule has 1 heterocycles. The number of fused-ring (bicyclic) bond motifs is 1. The van der Waals surface area contributed by atoms with Crippen LogP contribution in [0.1, 0.15) is 80.9 Å². The quantitative estimate of drug-likeness (QED) is 0.640. The Kier molecular flexibility index (Phi) is 5.34. The lowest BCUT2D eigenvalue weighted by Gasteiger charge is -2.37. The minimum atomic E-state index is -0.890. The molecule has 0 radical (unpaired) electrons. The topological polar surface area (TPSA) is 53.4 Å². The Balaban J connectivity index is 2.12. The normalized spacial score (nSPS) is 17.4. The van der Waals surface area contributed by atoms with Crippen molar-refractivity contribution in [2.24, 2.45) is 5.92 Å². The molecule has 152 valence electrons. The fraction of sp³-hybridized carbons (Fsp3) is 0.565. The van der Waals surface area contributed by atoms with Crippen LogP contribution in [0.4, 0.5) is 10.8 Å². The van der Waals surface area contributed by atoms with Crippen LogP contribution >= 0.6 is 11.3 Å². The van der Waals surface area contributed by atoms with E-state index in [-0.39, 0.29) is 10.8 Å². The number of rotatable bonds is 5. The first-order chi connectivity index (χ1) is 12.9. The highest BCUT2D eigenvalue weighted by Gasteiger charge is 2.41. The molecule has 0 amide bonds. The highest BCUT2D eigenvalue weighted by molar-refractivity contribution is 7.16. The van der Waals surface area contributed by atoms with E-state index in [0.717, 1.165) is 29.3 Å². The summed E-state index contributed by atoms with van der Waals surface area (Å²) in [5, 5.41) is 10.3. The number of carbonyl (C=O) groups is 1. The van der Waals surface area contributed by atoms with Crippen molar-refractivity contribution in [2.45, 2.75) is 72.1 Å². The van der Waals surface area contributed by atoms with Crippen molar-refractivity contribution >= 4 is 28.1 Å². The molecule has 1 N–H and O–H groups in total. The van der Waals surface area contributed by atoms with Crippen LogP contribution in [0.3, 0.4) is 0 Å². The number of nitrogens with zero attached hydrogens (tertiary/aromatic N) is 2. The SMILES string of the molecule is Cc1cc(C(=O)O)ccc1N(CC(C)C)c1nc2c(s1)C(C)(C)CCC2(C)C. The first-order valence-electron chi connectivity index (χ1n) is 10.1. The number of aromatic nitrogens is 1. The van der Waals surface area contributed by atoms with Crippen LogP contribution in [0.25, 0.3) is 0 Å². The Hall–Kier alpha value is -1.88. The van der Waals surface area contributed by atoms with Crippen molar-refractivity contribution in [3.05, 3.63) is 39.9 Å². The number of hydrogen-bond donors (Lipinski definition) is 1. The van der Waals surface area contributed by atoms with Crippen molar-refractivity contribution in [1.82, 2.24) is 4.98 Å². The van der Waals surface area contributed by atoms with E-state index in [4.69, 9.17) is 4.98 Å². The van der Waals surface area contributed by atoms with Crippen LogP contribution in [0.5, 0.6) is 0 Å².